The number of aromatic nitrogens is 1. The molecule has 3 rings (SSSR count). The monoisotopic (exact) mass is 380 g/mol. The van der Waals surface area contributed by atoms with Crippen LogP contribution in [0.5, 0.6) is 0 Å². The van der Waals surface area contributed by atoms with Gasteiger partial charge in [0.15, 0.2) is 5.58 Å². The topological polar surface area (TPSA) is 89.4 Å². The number of aromatic carboxylic acids is 1. The Hall–Kier alpha value is -2.09. The number of carbonyl (C=O) groups is 1. The van der Waals surface area contributed by atoms with Gasteiger partial charge in [0.2, 0.25) is 5.89 Å². The predicted octanol–water partition coefficient (Wildman–Crippen LogP) is 3.38. The first-order chi connectivity index (χ1) is 9.54. The van der Waals surface area contributed by atoms with Crippen LogP contribution in [0.2, 0.25) is 0 Å². The molecule has 0 aliphatic rings. The van der Waals surface area contributed by atoms with Crippen LogP contribution in [0.15, 0.2) is 40.8 Å². The molecule has 0 atom stereocenters. The van der Waals surface area contributed by atoms with Crippen LogP contribution in [-0.2, 0) is 0 Å². The number of fused-ring (bicyclic) bond motifs is 1. The van der Waals surface area contributed by atoms with E-state index in [1.807, 2.05) is 24.3 Å². The van der Waals surface area contributed by atoms with Crippen LogP contribution in [0.4, 0.5) is 5.69 Å². The maximum atomic E-state index is 11.2. The van der Waals surface area contributed by atoms with Gasteiger partial charge in [0, 0.05) is 14.8 Å². The smallest absolute Gasteiger partial charge is 0.339 e. The number of benzene rings is 2. The average Bonchev–Trinajstić information content (AvgIpc) is 2.81. The summed E-state index contributed by atoms with van der Waals surface area (Å²) in [5, 5.41) is 9.19. The maximum absolute atomic E-state index is 11.2. The van der Waals surface area contributed by atoms with Crippen molar-refractivity contribution in [1.82, 2.24) is 4.98 Å². The Morgan fingerprint density at radius 2 is 2.10 bits per heavy atom. The summed E-state index contributed by atoms with van der Waals surface area (Å²) in [7, 11) is 0. The zero-order valence-electron chi connectivity index (χ0n) is 10.1. The molecule has 2 aromatic carbocycles. The highest BCUT2D eigenvalue weighted by Crippen LogP contribution is 2.29. The maximum Gasteiger partial charge on any atom is 0.339 e. The highest BCUT2D eigenvalue weighted by Gasteiger charge is 2.17. The van der Waals surface area contributed by atoms with E-state index in [-0.39, 0.29) is 11.1 Å². The molecule has 0 bridgehead atoms. The van der Waals surface area contributed by atoms with E-state index >= 15 is 0 Å². The summed E-state index contributed by atoms with van der Waals surface area (Å²) in [5.41, 5.74) is 7.52. The van der Waals surface area contributed by atoms with E-state index in [2.05, 4.69) is 27.6 Å². The van der Waals surface area contributed by atoms with Gasteiger partial charge in [-0.25, -0.2) is 9.78 Å². The fraction of sp³-hybridized carbons (Fsp3) is 0. The van der Waals surface area contributed by atoms with E-state index in [0.29, 0.717) is 17.1 Å². The number of nitrogen functional groups attached to an aromatic ring is 1. The summed E-state index contributed by atoms with van der Waals surface area (Å²) in [4.78, 5) is 15.5. The Morgan fingerprint density at radius 3 is 2.80 bits per heavy atom. The van der Waals surface area contributed by atoms with Crippen LogP contribution in [0.1, 0.15) is 10.4 Å². The third-order valence-corrected chi connectivity index (χ3v) is 3.49. The second-order valence-corrected chi connectivity index (χ2v) is 5.50. The predicted molar refractivity (Wildman–Crippen MR) is 83.5 cm³/mol. The molecular weight excluding hydrogens is 371 g/mol. The van der Waals surface area contributed by atoms with E-state index in [9.17, 15) is 9.90 Å². The number of carboxylic acids is 1. The molecule has 5 nitrogen and oxygen atoms in total. The average molecular weight is 380 g/mol. The lowest BCUT2D eigenvalue weighted by Crippen LogP contribution is -1.98. The highest BCUT2D eigenvalue weighted by atomic mass is 127. The normalized spacial score (nSPS) is 10.8. The van der Waals surface area contributed by atoms with Crippen molar-refractivity contribution in [3.05, 3.63) is 45.5 Å². The van der Waals surface area contributed by atoms with Crippen LogP contribution < -0.4 is 5.73 Å². The van der Waals surface area contributed by atoms with Crippen molar-refractivity contribution in [3.63, 3.8) is 0 Å². The van der Waals surface area contributed by atoms with Gasteiger partial charge in [0.25, 0.3) is 0 Å². The molecule has 0 aliphatic carbocycles. The summed E-state index contributed by atoms with van der Waals surface area (Å²) < 4.78 is 6.65. The third kappa shape index (κ3) is 2.22. The molecule has 3 N–H and O–H groups in total. The first-order valence-electron chi connectivity index (χ1n) is 5.74. The second kappa shape index (κ2) is 4.78. The van der Waals surface area contributed by atoms with Gasteiger partial charge in [0.1, 0.15) is 11.1 Å². The Kier molecular flexibility index (Phi) is 3.09. The molecule has 0 saturated heterocycles. The van der Waals surface area contributed by atoms with Crippen molar-refractivity contribution in [2.75, 3.05) is 5.73 Å². The molecule has 0 saturated carbocycles. The van der Waals surface area contributed by atoms with Gasteiger partial charge < -0.3 is 15.3 Å². The minimum absolute atomic E-state index is 0.0179. The number of oxazole rings is 1. The molecule has 20 heavy (non-hydrogen) atoms. The summed E-state index contributed by atoms with van der Waals surface area (Å²) >= 11 is 2.19. The Morgan fingerprint density at radius 1 is 1.30 bits per heavy atom. The molecule has 0 fully saturated rings. The molecular formula is C14H9IN2O3. The molecule has 6 heteroatoms. The Balaban J connectivity index is 2.25. The lowest BCUT2D eigenvalue weighted by molar-refractivity contribution is 0.0698. The highest BCUT2D eigenvalue weighted by molar-refractivity contribution is 14.1. The Bertz CT molecular complexity index is 826. The van der Waals surface area contributed by atoms with Crippen molar-refractivity contribution < 1.29 is 14.3 Å². The summed E-state index contributed by atoms with van der Waals surface area (Å²) in [6.45, 7) is 0. The van der Waals surface area contributed by atoms with Crippen molar-refractivity contribution in [2.24, 2.45) is 0 Å². The molecule has 1 heterocycles. The number of nitrogens with two attached hydrogens (primary N) is 1. The molecule has 0 spiro atoms. The minimum atomic E-state index is -1.09. The van der Waals surface area contributed by atoms with Gasteiger partial charge in [0.05, 0.1) is 0 Å². The van der Waals surface area contributed by atoms with Crippen LogP contribution >= 0.6 is 22.6 Å². The SMILES string of the molecule is Nc1cc(C(=O)O)c2oc(-c3cccc(I)c3)nc2c1. The Labute approximate surface area is 127 Å². The van der Waals surface area contributed by atoms with Gasteiger partial charge in [-0.1, -0.05) is 6.07 Å². The zero-order chi connectivity index (χ0) is 14.3. The molecule has 0 amide bonds. The second-order valence-electron chi connectivity index (χ2n) is 4.25. The van der Waals surface area contributed by atoms with E-state index in [1.165, 1.54) is 6.07 Å². The number of hydrogen-bond acceptors (Lipinski definition) is 4. The lowest BCUT2D eigenvalue weighted by Gasteiger charge is -1.97. The van der Waals surface area contributed by atoms with Crippen LogP contribution in [0, 0.1) is 3.57 Å². The first-order valence-corrected chi connectivity index (χ1v) is 6.82. The van der Waals surface area contributed by atoms with Gasteiger partial charge in [-0.3, -0.25) is 0 Å². The van der Waals surface area contributed by atoms with Crippen LogP contribution in [-0.4, -0.2) is 16.1 Å². The molecule has 0 radical (unpaired) electrons. The lowest BCUT2D eigenvalue weighted by atomic mass is 10.2. The molecule has 0 unspecified atom stereocenters. The molecule has 100 valence electrons. The first kappa shape index (κ1) is 12.9. The van der Waals surface area contributed by atoms with Crippen LogP contribution in [0.25, 0.3) is 22.6 Å². The third-order valence-electron chi connectivity index (χ3n) is 2.81. The molecule has 1 aromatic heterocycles. The molecule has 0 aliphatic heterocycles. The minimum Gasteiger partial charge on any atom is -0.478 e. The quantitative estimate of drug-likeness (QED) is 0.526. The van der Waals surface area contributed by atoms with Crippen molar-refractivity contribution in [1.29, 1.82) is 0 Å². The van der Waals surface area contributed by atoms with Gasteiger partial charge in [-0.05, 0) is 52.9 Å². The number of rotatable bonds is 2. The van der Waals surface area contributed by atoms with Crippen molar-refractivity contribution in [3.8, 4) is 11.5 Å². The van der Waals surface area contributed by atoms with E-state index in [4.69, 9.17) is 10.2 Å². The summed E-state index contributed by atoms with van der Waals surface area (Å²) in [5.74, 6) is -0.709. The number of nitrogens with zero attached hydrogens (tertiary/aromatic N) is 1. The summed E-state index contributed by atoms with van der Waals surface area (Å²) in [6.07, 6.45) is 0. The summed E-state index contributed by atoms with van der Waals surface area (Å²) in [6, 6.07) is 10.6. The fourth-order valence-corrected chi connectivity index (χ4v) is 2.50. The zero-order valence-corrected chi connectivity index (χ0v) is 12.3. The number of halogens is 1. The van der Waals surface area contributed by atoms with E-state index in [1.54, 1.807) is 6.07 Å². The number of anilines is 1. The van der Waals surface area contributed by atoms with Crippen molar-refractivity contribution in [2.45, 2.75) is 0 Å². The van der Waals surface area contributed by atoms with Gasteiger partial charge in [-0.2, -0.15) is 0 Å². The van der Waals surface area contributed by atoms with Gasteiger partial charge >= 0.3 is 5.97 Å². The van der Waals surface area contributed by atoms with Crippen LogP contribution in [0.3, 0.4) is 0 Å². The van der Waals surface area contributed by atoms with Crippen molar-refractivity contribution >= 4 is 45.3 Å². The van der Waals surface area contributed by atoms with E-state index in [0.717, 1.165) is 9.13 Å². The fourth-order valence-electron chi connectivity index (χ4n) is 1.96. The largest absolute Gasteiger partial charge is 0.478 e. The number of hydrogen-bond donors (Lipinski definition) is 2. The van der Waals surface area contributed by atoms with E-state index < -0.39 is 5.97 Å². The molecule has 3 aromatic rings. The van der Waals surface area contributed by atoms with Gasteiger partial charge in [-0.15, -0.1) is 0 Å². The number of carboxylic acid groups (broad SMARTS) is 1. The standard InChI is InChI=1S/C14H9IN2O3/c15-8-3-1-2-7(4-8)13-17-11-6-9(16)5-10(14(18)19)12(11)20-13/h1-6H,16H2,(H,18,19).